The van der Waals surface area contributed by atoms with Gasteiger partial charge in [-0.15, -0.1) is 24.0 Å². The molecule has 1 saturated carbocycles. The molecule has 0 unspecified atom stereocenters. The summed E-state index contributed by atoms with van der Waals surface area (Å²) in [4.78, 5) is 16.0. The summed E-state index contributed by atoms with van der Waals surface area (Å²) >= 11 is 0. The molecule has 136 valence electrons. The van der Waals surface area contributed by atoms with E-state index >= 15 is 0 Å². The first kappa shape index (κ1) is 22.5. The van der Waals surface area contributed by atoms with Gasteiger partial charge in [0.05, 0.1) is 0 Å². The van der Waals surface area contributed by atoms with Crippen molar-refractivity contribution in [3.63, 3.8) is 0 Å². The average molecular weight is 438 g/mol. The van der Waals surface area contributed by atoms with Crippen LogP contribution in [0.1, 0.15) is 77.6 Å². The predicted molar refractivity (Wildman–Crippen MR) is 108 cm³/mol. The van der Waals surface area contributed by atoms with E-state index in [1.807, 2.05) is 0 Å². The van der Waals surface area contributed by atoms with Crippen LogP contribution in [-0.4, -0.2) is 31.0 Å². The van der Waals surface area contributed by atoms with Crippen molar-refractivity contribution >= 4 is 35.8 Å². The fourth-order valence-corrected chi connectivity index (χ4v) is 2.82. The second kappa shape index (κ2) is 15.0. The Morgan fingerprint density at radius 2 is 1.78 bits per heavy atom. The van der Waals surface area contributed by atoms with E-state index in [0.717, 1.165) is 25.8 Å². The van der Waals surface area contributed by atoms with Crippen molar-refractivity contribution in [1.82, 2.24) is 10.6 Å². The Hall–Kier alpha value is -0.530. The Morgan fingerprint density at radius 3 is 2.48 bits per heavy atom. The Kier molecular flexibility index (Phi) is 14.7. The third-order valence-electron chi connectivity index (χ3n) is 4.17. The fourth-order valence-electron chi connectivity index (χ4n) is 2.82. The molecular weight excluding hydrogens is 403 g/mol. The van der Waals surface area contributed by atoms with Gasteiger partial charge in [0, 0.05) is 25.6 Å². The molecule has 1 aliphatic carbocycles. The van der Waals surface area contributed by atoms with Crippen LogP contribution in [0.5, 0.6) is 0 Å². The van der Waals surface area contributed by atoms with Crippen LogP contribution in [0.4, 0.5) is 0 Å². The number of nitrogens with zero attached hydrogens (tertiary/aromatic N) is 1. The molecule has 0 radical (unpaired) electrons. The minimum absolute atomic E-state index is 0. The van der Waals surface area contributed by atoms with E-state index in [-0.39, 0.29) is 29.9 Å². The summed E-state index contributed by atoms with van der Waals surface area (Å²) in [5.74, 6) is 0.574. The molecule has 1 fully saturated rings. The maximum Gasteiger partial charge on any atom is 0.221 e. The number of carbonyl (C=O) groups excluding carboxylic acids is 1. The van der Waals surface area contributed by atoms with Crippen molar-refractivity contribution in [2.75, 3.05) is 13.1 Å². The molecule has 1 aliphatic rings. The zero-order chi connectivity index (χ0) is 16.0. The number of carbonyl (C=O) groups is 1. The molecule has 5 nitrogen and oxygen atoms in total. The third-order valence-corrected chi connectivity index (χ3v) is 4.17. The van der Waals surface area contributed by atoms with E-state index in [1.165, 1.54) is 44.9 Å². The number of rotatable bonds is 11. The molecule has 0 bridgehead atoms. The number of unbranched alkanes of at least 4 members (excludes halogenated alkanes) is 5. The maximum absolute atomic E-state index is 11.7. The van der Waals surface area contributed by atoms with Crippen molar-refractivity contribution in [2.45, 2.75) is 83.6 Å². The fraction of sp³-hybridized carbons (Fsp3) is 0.882. The van der Waals surface area contributed by atoms with Crippen molar-refractivity contribution in [3.05, 3.63) is 0 Å². The minimum atomic E-state index is 0. The molecule has 0 aromatic carbocycles. The van der Waals surface area contributed by atoms with E-state index in [0.29, 0.717) is 25.0 Å². The lowest BCUT2D eigenvalue weighted by Gasteiger charge is -2.12. The Bertz CT molecular complexity index is 331. The number of hydrogen-bond donors (Lipinski definition) is 3. The van der Waals surface area contributed by atoms with Gasteiger partial charge < -0.3 is 16.4 Å². The molecule has 23 heavy (non-hydrogen) atoms. The first-order valence-corrected chi connectivity index (χ1v) is 9.05. The van der Waals surface area contributed by atoms with Gasteiger partial charge in [-0.2, -0.15) is 0 Å². The summed E-state index contributed by atoms with van der Waals surface area (Å²) in [7, 11) is 0. The summed E-state index contributed by atoms with van der Waals surface area (Å²) in [5, 5.41) is 6.09. The molecule has 6 heteroatoms. The van der Waals surface area contributed by atoms with Crippen LogP contribution in [0.25, 0.3) is 0 Å². The van der Waals surface area contributed by atoms with Crippen LogP contribution in [0, 0.1) is 0 Å². The number of aliphatic imine (C=N–C) groups is 1. The standard InChI is InChI=1S/C17H34N4O.HI/c1-2-3-4-5-6-9-13-19-17(18)20-14-12-16(22)21-15-10-7-8-11-15;/h15H,2-14H2,1H3,(H,21,22)(H3,18,19,20);1H. The molecule has 0 heterocycles. The van der Waals surface area contributed by atoms with Crippen LogP contribution < -0.4 is 16.4 Å². The normalized spacial score (nSPS) is 15.3. The van der Waals surface area contributed by atoms with Gasteiger partial charge in [0.2, 0.25) is 5.91 Å². The molecule has 0 spiro atoms. The molecule has 1 rings (SSSR count). The highest BCUT2D eigenvalue weighted by atomic mass is 127. The quantitative estimate of drug-likeness (QED) is 0.200. The Labute approximate surface area is 158 Å². The van der Waals surface area contributed by atoms with Crippen LogP contribution in [0.15, 0.2) is 4.99 Å². The van der Waals surface area contributed by atoms with Crippen molar-refractivity contribution in [1.29, 1.82) is 0 Å². The summed E-state index contributed by atoms with van der Waals surface area (Å²) in [6.07, 6.45) is 12.7. The zero-order valence-corrected chi connectivity index (χ0v) is 16.9. The van der Waals surface area contributed by atoms with Gasteiger partial charge in [-0.1, -0.05) is 51.9 Å². The van der Waals surface area contributed by atoms with E-state index in [2.05, 4.69) is 22.5 Å². The second-order valence-corrected chi connectivity index (χ2v) is 6.26. The Balaban J connectivity index is 0.00000484. The Morgan fingerprint density at radius 1 is 1.13 bits per heavy atom. The largest absolute Gasteiger partial charge is 0.370 e. The van der Waals surface area contributed by atoms with Gasteiger partial charge >= 0.3 is 0 Å². The number of amides is 1. The first-order valence-electron chi connectivity index (χ1n) is 9.05. The summed E-state index contributed by atoms with van der Waals surface area (Å²) in [6.45, 7) is 3.56. The topological polar surface area (TPSA) is 79.5 Å². The molecule has 0 atom stereocenters. The van der Waals surface area contributed by atoms with Gasteiger partial charge in [0.15, 0.2) is 5.96 Å². The molecule has 0 saturated heterocycles. The van der Waals surface area contributed by atoms with Gasteiger partial charge in [-0.3, -0.25) is 9.79 Å². The predicted octanol–water partition coefficient (Wildman–Crippen LogP) is 3.32. The minimum Gasteiger partial charge on any atom is -0.370 e. The number of halogens is 1. The van der Waals surface area contributed by atoms with E-state index in [1.54, 1.807) is 0 Å². The summed E-state index contributed by atoms with van der Waals surface area (Å²) in [5.41, 5.74) is 5.79. The van der Waals surface area contributed by atoms with Crippen molar-refractivity contribution in [2.24, 2.45) is 10.7 Å². The SMILES string of the molecule is CCCCCCCCN=C(N)NCCC(=O)NC1CCCC1.I. The van der Waals surface area contributed by atoms with Gasteiger partial charge in [0.1, 0.15) is 0 Å². The van der Waals surface area contributed by atoms with E-state index in [9.17, 15) is 4.79 Å². The zero-order valence-electron chi connectivity index (χ0n) is 14.6. The molecule has 0 aromatic rings. The number of nitrogens with one attached hydrogen (secondary N) is 2. The lowest BCUT2D eigenvalue weighted by molar-refractivity contribution is -0.121. The molecule has 0 aliphatic heterocycles. The average Bonchev–Trinajstić information content (AvgIpc) is 2.99. The maximum atomic E-state index is 11.7. The van der Waals surface area contributed by atoms with Crippen molar-refractivity contribution in [3.8, 4) is 0 Å². The molecular formula is C17H35IN4O. The van der Waals surface area contributed by atoms with Crippen LogP contribution in [-0.2, 0) is 4.79 Å². The van der Waals surface area contributed by atoms with Gasteiger partial charge in [-0.05, 0) is 19.3 Å². The highest BCUT2D eigenvalue weighted by molar-refractivity contribution is 14.0. The van der Waals surface area contributed by atoms with E-state index in [4.69, 9.17) is 5.73 Å². The van der Waals surface area contributed by atoms with Gasteiger partial charge in [0.25, 0.3) is 0 Å². The number of guanidine groups is 1. The smallest absolute Gasteiger partial charge is 0.221 e. The molecule has 4 N–H and O–H groups in total. The lowest BCUT2D eigenvalue weighted by Crippen LogP contribution is -2.37. The molecule has 1 amide bonds. The molecule has 0 aromatic heterocycles. The van der Waals surface area contributed by atoms with Gasteiger partial charge in [-0.25, -0.2) is 0 Å². The van der Waals surface area contributed by atoms with Crippen LogP contribution >= 0.6 is 24.0 Å². The first-order chi connectivity index (χ1) is 10.7. The lowest BCUT2D eigenvalue weighted by atomic mass is 10.1. The third kappa shape index (κ3) is 12.5. The number of nitrogens with two attached hydrogens (primary N) is 1. The van der Waals surface area contributed by atoms with Crippen molar-refractivity contribution < 1.29 is 4.79 Å². The highest BCUT2D eigenvalue weighted by Crippen LogP contribution is 2.17. The van der Waals surface area contributed by atoms with E-state index < -0.39 is 0 Å². The monoisotopic (exact) mass is 438 g/mol. The summed E-state index contributed by atoms with van der Waals surface area (Å²) < 4.78 is 0. The second-order valence-electron chi connectivity index (χ2n) is 6.26. The number of hydrogen-bond acceptors (Lipinski definition) is 2. The highest BCUT2D eigenvalue weighted by Gasteiger charge is 2.16. The van der Waals surface area contributed by atoms with Crippen LogP contribution in [0.2, 0.25) is 0 Å². The van der Waals surface area contributed by atoms with Crippen LogP contribution in [0.3, 0.4) is 0 Å². The summed E-state index contributed by atoms with van der Waals surface area (Å²) in [6, 6.07) is 0.395.